The van der Waals surface area contributed by atoms with Crippen LogP contribution in [0.4, 0.5) is 0 Å². The minimum absolute atomic E-state index is 0.0843. The second kappa shape index (κ2) is 5.62. The van der Waals surface area contributed by atoms with Gasteiger partial charge in [-0.2, -0.15) is 0 Å². The second-order valence-corrected chi connectivity index (χ2v) is 7.65. The van der Waals surface area contributed by atoms with Crippen LogP contribution in [0.25, 0.3) is 0 Å². The largest absolute Gasteiger partial charge is 0.340 e. The van der Waals surface area contributed by atoms with E-state index < -0.39 is 5.54 Å². The van der Waals surface area contributed by atoms with Gasteiger partial charge in [-0.3, -0.25) is 9.59 Å². The maximum atomic E-state index is 13.0. The van der Waals surface area contributed by atoms with Crippen LogP contribution in [0.1, 0.15) is 65.2 Å². The molecule has 1 heterocycles. The molecule has 2 saturated carbocycles. The van der Waals surface area contributed by atoms with Gasteiger partial charge in [0.2, 0.25) is 11.8 Å². The third-order valence-corrected chi connectivity index (χ3v) is 5.34. The van der Waals surface area contributed by atoms with Gasteiger partial charge in [-0.05, 0) is 37.5 Å². The van der Waals surface area contributed by atoms with Crippen molar-refractivity contribution in [3.63, 3.8) is 0 Å². The molecule has 0 aromatic heterocycles. The van der Waals surface area contributed by atoms with E-state index in [0.717, 1.165) is 51.0 Å². The molecule has 1 spiro atoms. The number of carbonyl (C=O) groups excluding carboxylic acids is 2. The highest BCUT2D eigenvalue weighted by molar-refractivity contribution is 6.00. The quantitative estimate of drug-likeness (QED) is 0.846. The fraction of sp³-hybridized carbons (Fsp3) is 0.882. The van der Waals surface area contributed by atoms with Gasteiger partial charge in [-0.25, -0.2) is 0 Å². The molecule has 0 radical (unpaired) electrons. The number of hydrogen-bond acceptors (Lipinski definition) is 2. The smallest absolute Gasteiger partial charge is 0.249 e. The summed E-state index contributed by atoms with van der Waals surface area (Å²) in [5.74, 6) is 1.50. The summed E-state index contributed by atoms with van der Waals surface area (Å²) in [6.07, 6.45) is 8.21. The van der Waals surface area contributed by atoms with E-state index in [0.29, 0.717) is 5.92 Å². The third-order valence-electron chi connectivity index (χ3n) is 5.34. The van der Waals surface area contributed by atoms with Crippen molar-refractivity contribution in [3.8, 4) is 0 Å². The predicted octanol–water partition coefficient (Wildman–Crippen LogP) is 2.47. The van der Waals surface area contributed by atoms with Crippen molar-refractivity contribution in [2.45, 2.75) is 76.8 Å². The van der Waals surface area contributed by atoms with Crippen LogP contribution in [0.15, 0.2) is 0 Å². The highest BCUT2D eigenvalue weighted by Gasteiger charge is 2.51. The predicted molar refractivity (Wildman–Crippen MR) is 81.6 cm³/mol. The van der Waals surface area contributed by atoms with Crippen LogP contribution in [-0.4, -0.2) is 34.8 Å². The normalized spacial score (nSPS) is 28.5. The molecule has 21 heavy (non-hydrogen) atoms. The molecule has 4 nitrogen and oxygen atoms in total. The molecule has 1 atom stereocenters. The van der Waals surface area contributed by atoms with Gasteiger partial charge in [0, 0.05) is 6.54 Å². The van der Waals surface area contributed by atoms with Crippen LogP contribution in [0.2, 0.25) is 0 Å². The Morgan fingerprint density at radius 1 is 1.24 bits per heavy atom. The number of carbonyl (C=O) groups is 2. The van der Waals surface area contributed by atoms with Crippen molar-refractivity contribution in [2.24, 2.45) is 11.8 Å². The summed E-state index contributed by atoms with van der Waals surface area (Å²) in [4.78, 5) is 27.6. The lowest BCUT2D eigenvalue weighted by molar-refractivity contribution is -0.155. The molecule has 1 unspecified atom stereocenters. The molecular formula is C17H28N2O2. The first kappa shape index (κ1) is 14.9. The van der Waals surface area contributed by atoms with Crippen molar-refractivity contribution in [1.29, 1.82) is 0 Å². The van der Waals surface area contributed by atoms with Crippen molar-refractivity contribution in [3.05, 3.63) is 0 Å². The van der Waals surface area contributed by atoms with Gasteiger partial charge in [0.1, 0.15) is 11.6 Å². The first-order chi connectivity index (χ1) is 10.0. The number of nitrogens with zero attached hydrogens (tertiary/aromatic N) is 1. The van der Waals surface area contributed by atoms with Crippen LogP contribution in [-0.2, 0) is 9.59 Å². The van der Waals surface area contributed by atoms with E-state index in [1.54, 1.807) is 0 Å². The standard InChI is InChI=1S/C17H28N2O2/c1-12(2)11-14-15(20)18-17(8-3-4-9-17)16(21)19(14)10-7-13-5-6-13/h12-14H,3-11H2,1-2H3,(H,18,20). The summed E-state index contributed by atoms with van der Waals surface area (Å²) >= 11 is 0. The Kier molecular flexibility index (Phi) is 3.98. The number of nitrogens with one attached hydrogen (secondary N) is 1. The Morgan fingerprint density at radius 3 is 2.48 bits per heavy atom. The van der Waals surface area contributed by atoms with Crippen LogP contribution in [0, 0.1) is 11.8 Å². The van der Waals surface area contributed by atoms with Gasteiger partial charge in [-0.1, -0.05) is 39.5 Å². The van der Waals surface area contributed by atoms with Gasteiger partial charge in [0.25, 0.3) is 0 Å². The van der Waals surface area contributed by atoms with E-state index >= 15 is 0 Å². The Morgan fingerprint density at radius 2 is 1.90 bits per heavy atom. The number of rotatable bonds is 5. The van der Waals surface area contributed by atoms with Crippen molar-refractivity contribution < 1.29 is 9.59 Å². The highest BCUT2D eigenvalue weighted by Crippen LogP contribution is 2.37. The van der Waals surface area contributed by atoms with E-state index in [-0.39, 0.29) is 17.9 Å². The summed E-state index contributed by atoms with van der Waals surface area (Å²) in [5.41, 5.74) is -0.561. The van der Waals surface area contributed by atoms with Crippen LogP contribution < -0.4 is 5.32 Å². The zero-order chi connectivity index (χ0) is 15.0. The molecule has 0 aromatic rings. The van der Waals surface area contributed by atoms with Gasteiger partial charge in [-0.15, -0.1) is 0 Å². The zero-order valence-electron chi connectivity index (χ0n) is 13.4. The lowest BCUT2D eigenvalue weighted by Crippen LogP contribution is -2.69. The van der Waals surface area contributed by atoms with Gasteiger partial charge in [0.15, 0.2) is 0 Å². The number of amides is 2. The van der Waals surface area contributed by atoms with Crippen LogP contribution in [0.5, 0.6) is 0 Å². The highest BCUT2D eigenvalue weighted by atomic mass is 16.2. The summed E-state index contributed by atoms with van der Waals surface area (Å²) in [6, 6.07) is -0.248. The number of hydrogen-bond donors (Lipinski definition) is 1. The summed E-state index contributed by atoms with van der Waals surface area (Å²) < 4.78 is 0. The minimum atomic E-state index is -0.561. The molecule has 1 N–H and O–H groups in total. The molecule has 3 fully saturated rings. The van der Waals surface area contributed by atoms with Crippen molar-refractivity contribution in [2.75, 3.05) is 6.54 Å². The fourth-order valence-corrected chi connectivity index (χ4v) is 3.91. The lowest BCUT2D eigenvalue weighted by atomic mass is 9.88. The number of piperazine rings is 1. The minimum Gasteiger partial charge on any atom is -0.340 e. The van der Waals surface area contributed by atoms with E-state index in [1.165, 1.54) is 12.8 Å². The lowest BCUT2D eigenvalue weighted by Gasteiger charge is -2.45. The fourth-order valence-electron chi connectivity index (χ4n) is 3.91. The summed E-state index contributed by atoms with van der Waals surface area (Å²) in [5, 5.41) is 3.10. The van der Waals surface area contributed by atoms with Gasteiger partial charge < -0.3 is 10.2 Å². The Labute approximate surface area is 127 Å². The molecule has 2 amide bonds. The van der Waals surface area contributed by atoms with Crippen LogP contribution in [0.3, 0.4) is 0 Å². The molecular weight excluding hydrogens is 264 g/mol. The summed E-state index contributed by atoms with van der Waals surface area (Å²) in [6.45, 7) is 5.02. The van der Waals surface area contributed by atoms with Gasteiger partial charge in [0.05, 0.1) is 0 Å². The molecule has 3 rings (SSSR count). The molecule has 4 heteroatoms. The maximum Gasteiger partial charge on any atom is 0.249 e. The average Bonchev–Trinajstić information content (AvgIpc) is 3.14. The van der Waals surface area contributed by atoms with Crippen LogP contribution >= 0.6 is 0 Å². The molecule has 3 aliphatic rings. The second-order valence-electron chi connectivity index (χ2n) is 7.65. The Bertz CT molecular complexity index is 423. The first-order valence-electron chi connectivity index (χ1n) is 8.65. The molecule has 1 aliphatic heterocycles. The van der Waals surface area contributed by atoms with E-state index in [4.69, 9.17) is 0 Å². The SMILES string of the molecule is CC(C)CC1C(=O)NC2(CCCC2)C(=O)N1CCC1CC1. The molecule has 2 aliphatic carbocycles. The monoisotopic (exact) mass is 292 g/mol. The Hall–Kier alpha value is -1.06. The van der Waals surface area contributed by atoms with Gasteiger partial charge >= 0.3 is 0 Å². The van der Waals surface area contributed by atoms with E-state index in [9.17, 15) is 9.59 Å². The average molecular weight is 292 g/mol. The van der Waals surface area contributed by atoms with E-state index in [1.807, 2.05) is 4.90 Å². The maximum absolute atomic E-state index is 13.0. The molecule has 1 saturated heterocycles. The summed E-state index contributed by atoms with van der Waals surface area (Å²) in [7, 11) is 0. The molecule has 0 bridgehead atoms. The van der Waals surface area contributed by atoms with Crippen molar-refractivity contribution >= 4 is 11.8 Å². The zero-order valence-corrected chi connectivity index (χ0v) is 13.4. The van der Waals surface area contributed by atoms with E-state index in [2.05, 4.69) is 19.2 Å². The molecule has 0 aromatic carbocycles. The molecule has 118 valence electrons. The topological polar surface area (TPSA) is 49.4 Å². The van der Waals surface area contributed by atoms with Crippen molar-refractivity contribution in [1.82, 2.24) is 10.2 Å². The third kappa shape index (κ3) is 2.95. The first-order valence-corrected chi connectivity index (χ1v) is 8.65. The Balaban J connectivity index is 1.78.